The van der Waals surface area contributed by atoms with Crippen LogP contribution in [0.1, 0.15) is 26.5 Å². The van der Waals surface area contributed by atoms with E-state index in [9.17, 15) is 9.59 Å². The highest BCUT2D eigenvalue weighted by molar-refractivity contribution is 9.10. The van der Waals surface area contributed by atoms with Crippen LogP contribution < -0.4 is 15.4 Å². The number of hydrogen-bond donors (Lipinski definition) is 2. The molecule has 3 aromatic rings. The third-order valence-electron chi connectivity index (χ3n) is 4.15. The van der Waals surface area contributed by atoms with Crippen molar-refractivity contribution in [2.24, 2.45) is 0 Å². The van der Waals surface area contributed by atoms with E-state index in [-0.39, 0.29) is 11.8 Å². The molecule has 8 heteroatoms. The quantitative estimate of drug-likeness (QED) is 0.454. The van der Waals surface area contributed by atoms with Gasteiger partial charge in [0, 0.05) is 23.9 Å². The molecule has 0 bridgehead atoms. The first-order chi connectivity index (χ1) is 14.6. The van der Waals surface area contributed by atoms with Gasteiger partial charge in [-0.2, -0.15) is 0 Å². The first kappa shape index (κ1) is 21.6. The molecule has 7 nitrogen and oxygen atoms in total. The summed E-state index contributed by atoms with van der Waals surface area (Å²) >= 11 is 3.41. The smallest absolute Gasteiger partial charge is 0.255 e. The monoisotopic (exact) mass is 472 g/mol. The average molecular weight is 473 g/mol. The maximum absolute atomic E-state index is 12.5. The molecule has 0 fully saturated rings. The molecule has 0 aliphatic carbocycles. The predicted molar refractivity (Wildman–Crippen MR) is 116 cm³/mol. The van der Waals surface area contributed by atoms with Crippen LogP contribution in [0.4, 0.5) is 5.69 Å². The molecule has 2 amide bonds. The van der Waals surface area contributed by atoms with Gasteiger partial charge in [0.25, 0.3) is 11.8 Å². The van der Waals surface area contributed by atoms with Crippen molar-refractivity contribution in [3.63, 3.8) is 0 Å². The number of carbonyl (C=O) groups excluding carboxylic acids is 2. The standard InChI is InChI=1S/C22H21BrN2O5/c1-28-11-12-30-20-9-6-16(13-19(20)23)22(27)25-17-7-4-15(5-8-17)21(26)24-14-18-3-2-10-29-18/h2-10,13H,11-12,14H2,1H3,(H,24,26)(H,25,27). The zero-order valence-electron chi connectivity index (χ0n) is 16.3. The van der Waals surface area contributed by atoms with E-state index in [1.165, 1.54) is 0 Å². The third-order valence-corrected chi connectivity index (χ3v) is 4.77. The lowest BCUT2D eigenvalue weighted by atomic mass is 10.1. The fourth-order valence-electron chi connectivity index (χ4n) is 2.58. The number of hydrogen-bond acceptors (Lipinski definition) is 5. The number of halogens is 1. The summed E-state index contributed by atoms with van der Waals surface area (Å²) in [4.78, 5) is 24.7. The van der Waals surface area contributed by atoms with Gasteiger partial charge in [-0.15, -0.1) is 0 Å². The van der Waals surface area contributed by atoms with Crippen molar-refractivity contribution in [3.05, 3.63) is 82.2 Å². The molecule has 0 aliphatic heterocycles. The Labute approximate surface area is 182 Å². The van der Waals surface area contributed by atoms with E-state index in [1.54, 1.807) is 68.0 Å². The summed E-state index contributed by atoms with van der Waals surface area (Å²) in [7, 11) is 1.60. The number of rotatable bonds is 9. The SMILES string of the molecule is COCCOc1ccc(C(=O)Nc2ccc(C(=O)NCc3ccco3)cc2)cc1Br. The van der Waals surface area contributed by atoms with Crippen LogP contribution in [-0.2, 0) is 11.3 Å². The lowest BCUT2D eigenvalue weighted by Crippen LogP contribution is -2.22. The van der Waals surface area contributed by atoms with Gasteiger partial charge in [0.1, 0.15) is 18.1 Å². The van der Waals surface area contributed by atoms with Crippen molar-refractivity contribution in [3.8, 4) is 5.75 Å². The highest BCUT2D eigenvalue weighted by atomic mass is 79.9. The van der Waals surface area contributed by atoms with Crippen molar-refractivity contribution in [1.29, 1.82) is 0 Å². The van der Waals surface area contributed by atoms with Crippen LogP contribution in [0.2, 0.25) is 0 Å². The molecular weight excluding hydrogens is 452 g/mol. The number of anilines is 1. The first-order valence-corrected chi connectivity index (χ1v) is 9.99. The molecule has 0 aliphatic rings. The summed E-state index contributed by atoms with van der Waals surface area (Å²) in [6.07, 6.45) is 1.56. The van der Waals surface area contributed by atoms with Gasteiger partial charge in [0.05, 0.1) is 23.9 Å². The van der Waals surface area contributed by atoms with E-state index < -0.39 is 0 Å². The van der Waals surface area contributed by atoms with Crippen LogP contribution in [0.15, 0.2) is 69.8 Å². The van der Waals surface area contributed by atoms with Crippen LogP contribution in [0.3, 0.4) is 0 Å². The third kappa shape index (κ3) is 5.95. The fourth-order valence-corrected chi connectivity index (χ4v) is 3.08. The van der Waals surface area contributed by atoms with Gasteiger partial charge < -0.3 is 24.5 Å². The van der Waals surface area contributed by atoms with Crippen LogP contribution in [-0.4, -0.2) is 32.1 Å². The molecule has 0 saturated heterocycles. The van der Waals surface area contributed by atoms with Crippen LogP contribution >= 0.6 is 15.9 Å². The van der Waals surface area contributed by atoms with Gasteiger partial charge in [0.15, 0.2) is 0 Å². The summed E-state index contributed by atoms with van der Waals surface area (Å²) < 4.78 is 16.4. The summed E-state index contributed by atoms with van der Waals surface area (Å²) in [6, 6.07) is 15.3. The molecule has 1 heterocycles. The van der Waals surface area contributed by atoms with Crippen molar-refractivity contribution >= 4 is 33.4 Å². The predicted octanol–water partition coefficient (Wildman–Crippen LogP) is 4.25. The van der Waals surface area contributed by atoms with Crippen LogP contribution in [0.5, 0.6) is 5.75 Å². The number of benzene rings is 2. The van der Waals surface area contributed by atoms with Crippen molar-refractivity contribution in [2.45, 2.75) is 6.54 Å². The van der Waals surface area contributed by atoms with Gasteiger partial charge in [-0.1, -0.05) is 0 Å². The minimum absolute atomic E-state index is 0.225. The summed E-state index contributed by atoms with van der Waals surface area (Å²) in [5.74, 6) is 0.813. The van der Waals surface area contributed by atoms with Gasteiger partial charge in [0.2, 0.25) is 0 Å². The minimum Gasteiger partial charge on any atom is -0.490 e. The van der Waals surface area contributed by atoms with Gasteiger partial charge in [-0.3, -0.25) is 9.59 Å². The molecule has 3 rings (SSSR count). The lowest BCUT2D eigenvalue weighted by molar-refractivity contribution is 0.0947. The summed E-state index contributed by atoms with van der Waals surface area (Å²) in [5, 5.41) is 5.58. The summed E-state index contributed by atoms with van der Waals surface area (Å²) in [5.41, 5.74) is 1.54. The number of ether oxygens (including phenoxy) is 2. The minimum atomic E-state index is -0.269. The normalized spacial score (nSPS) is 10.5. The maximum atomic E-state index is 12.5. The Kier molecular flexibility index (Phi) is 7.64. The second kappa shape index (κ2) is 10.6. The number of furan rings is 1. The molecule has 0 atom stereocenters. The molecular formula is C22H21BrN2O5. The number of amides is 2. The lowest BCUT2D eigenvalue weighted by Gasteiger charge is -2.10. The highest BCUT2D eigenvalue weighted by Crippen LogP contribution is 2.26. The molecule has 0 unspecified atom stereocenters. The van der Waals surface area contributed by atoms with E-state index in [1.807, 2.05) is 0 Å². The van der Waals surface area contributed by atoms with Gasteiger partial charge in [-0.25, -0.2) is 0 Å². The van der Waals surface area contributed by atoms with E-state index in [0.29, 0.717) is 52.6 Å². The summed E-state index contributed by atoms with van der Waals surface area (Å²) in [6.45, 7) is 1.21. The molecule has 30 heavy (non-hydrogen) atoms. The Morgan fingerprint density at radius 1 is 1.00 bits per heavy atom. The van der Waals surface area contributed by atoms with Crippen LogP contribution in [0, 0.1) is 0 Å². The average Bonchev–Trinajstić information content (AvgIpc) is 3.27. The molecule has 2 N–H and O–H groups in total. The number of carbonyl (C=O) groups is 2. The molecule has 1 aromatic heterocycles. The topological polar surface area (TPSA) is 89.8 Å². The number of nitrogens with one attached hydrogen (secondary N) is 2. The van der Waals surface area contributed by atoms with E-state index in [2.05, 4.69) is 26.6 Å². The second-order valence-electron chi connectivity index (χ2n) is 6.28. The van der Waals surface area contributed by atoms with E-state index in [0.717, 1.165) is 0 Å². The van der Waals surface area contributed by atoms with E-state index in [4.69, 9.17) is 13.9 Å². The van der Waals surface area contributed by atoms with Crippen molar-refractivity contribution in [1.82, 2.24) is 5.32 Å². The molecule has 0 spiro atoms. The highest BCUT2D eigenvalue weighted by Gasteiger charge is 2.11. The fraction of sp³-hybridized carbons (Fsp3) is 0.182. The Balaban J connectivity index is 1.56. The molecule has 0 saturated carbocycles. The van der Waals surface area contributed by atoms with E-state index >= 15 is 0 Å². The van der Waals surface area contributed by atoms with Crippen molar-refractivity contribution in [2.75, 3.05) is 25.6 Å². The first-order valence-electron chi connectivity index (χ1n) is 9.20. The molecule has 0 radical (unpaired) electrons. The largest absolute Gasteiger partial charge is 0.490 e. The van der Waals surface area contributed by atoms with Crippen molar-refractivity contribution < 1.29 is 23.5 Å². The zero-order valence-corrected chi connectivity index (χ0v) is 17.9. The van der Waals surface area contributed by atoms with Gasteiger partial charge >= 0.3 is 0 Å². The van der Waals surface area contributed by atoms with Gasteiger partial charge in [-0.05, 0) is 70.5 Å². The maximum Gasteiger partial charge on any atom is 0.255 e. The molecule has 156 valence electrons. The Bertz CT molecular complexity index is 987. The second-order valence-corrected chi connectivity index (χ2v) is 7.13. The Morgan fingerprint density at radius 2 is 1.77 bits per heavy atom. The Morgan fingerprint density at radius 3 is 2.43 bits per heavy atom. The van der Waals surface area contributed by atoms with Crippen LogP contribution in [0.25, 0.3) is 0 Å². The zero-order chi connectivity index (χ0) is 21.3. The Hall–Kier alpha value is -3.10. The number of methoxy groups -OCH3 is 1. The molecule has 2 aromatic carbocycles.